The maximum Gasteiger partial charge on any atom is 0.295 e. The smallest absolute Gasteiger partial charge is 0.282 e. The Morgan fingerprint density at radius 1 is 1.18 bits per heavy atom. The zero-order valence-electron chi connectivity index (χ0n) is 8.48. The van der Waals surface area contributed by atoms with Crippen molar-refractivity contribution in [3.8, 4) is 0 Å². The first-order valence-corrected chi connectivity index (χ1v) is 6.02. The van der Waals surface area contributed by atoms with Gasteiger partial charge in [0.05, 0.1) is 0 Å². The number of fused-ring (bicyclic) bond motifs is 1. The number of rotatable bonds is 2. The van der Waals surface area contributed by atoms with Gasteiger partial charge in [-0.15, -0.1) is 0 Å². The number of nitrogens with zero attached hydrogens (tertiary/aromatic N) is 3. The summed E-state index contributed by atoms with van der Waals surface area (Å²) in [6, 6.07) is 9.22. The zero-order chi connectivity index (χ0) is 12.5. The average Bonchev–Trinajstić information content (AvgIpc) is 2.28. The second-order valence-electron chi connectivity index (χ2n) is 3.30. The van der Waals surface area contributed by atoms with Gasteiger partial charge in [-0.2, -0.15) is 8.42 Å². The molecule has 17 heavy (non-hydrogen) atoms. The molecule has 0 bridgehead atoms. The summed E-state index contributed by atoms with van der Waals surface area (Å²) in [7, 11) is -4.35. The van der Waals surface area contributed by atoms with Crippen molar-refractivity contribution in [2.75, 3.05) is 0 Å². The standard InChI is InChI=1S/C10H7N3O3S/c11-13-12-8-5-1-3-7-4-2-6-9(10(7)8)17(14,15)16/h1-6H,(H,14,15,16). The Morgan fingerprint density at radius 2 is 1.82 bits per heavy atom. The van der Waals surface area contributed by atoms with Crippen molar-refractivity contribution in [1.82, 2.24) is 0 Å². The second kappa shape index (κ2) is 4.06. The van der Waals surface area contributed by atoms with Crippen LogP contribution < -0.4 is 0 Å². The lowest BCUT2D eigenvalue weighted by molar-refractivity contribution is 0.484. The second-order valence-corrected chi connectivity index (χ2v) is 4.69. The Hall–Kier alpha value is -2.08. The zero-order valence-corrected chi connectivity index (χ0v) is 9.29. The Balaban J connectivity index is 3.00. The summed E-state index contributed by atoms with van der Waals surface area (Å²) in [5.74, 6) is 0. The van der Waals surface area contributed by atoms with E-state index in [2.05, 4.69) is 10.0 Å². The van der Waals surface area contributed by atoms with Crippen molar-refractivity contribution in [2.24, 2.45) is 5.11 Å². The molecular formula is C10H7N3O3S. The predicted molar refractivity (Wildman–Crippen MR) is 62.6 cm³/mol. The van der Waals surface area contributed by atoms with Crippen molar-refractivity contribution < 1.29 is 13.0 Å². The lowest BCUT2D eigenvalue weighted by Gasteiger charge is -2.05. The lowest BCUT2D eigenvalue weighted by Crippen LogP contribution is -1.98. The fraction of sp³-hybridized carbons (Fsp3) is 0. The van der Waals surface area contributed by atoms with Crippen LogP contribution in [0.3, 0.4) is 0 Å². The van der Waals surface area contributed by atoms with Gasteiger partial charge in [0.1, 0.15) is 4.90 Å². The SMILES string of the molecule is [N-]=[N+]=Nc1cccc2cccc(S(=O)(=O)O)c12. The van der Waals surface area contributed by atoms with Crippen LogP contribution in [0.25, 0.3) is 21.2 Å². The first-order valence-electron chi connectivity index (χ1n) is 4.58. The molecule has 6 nitrogen and oxygen atoms in total. The van der Waals surface area contributed by atoms with Crippen LogP contribution in [-0.2, 0) is 10.1 Å². The summed E-state index contributed by atoms with van der Waals surface area (Å²) in [5, 5.41) is 4.21. The molecule has 86 valence electrons. The quantitative estimate of drug-likeness (QED) is 0.383. The third kappa shape index (κ3) is 2.07. The summed E-state index contributed by atoms with van der Waals surface area (Å²) in [5.41, 5.74) is 8.58. The van der Waals surface area contributed by atoms with Crippen molar-refractivity contribution in [3.05, 3.63) is 46.8 Å². The average molecular weight is 249 g/mol. The van der Waals surface area contributed by atoms with E-state index in [0.717, 1.165) is 0 Å². The Labute approximate surface area is 96.9 Å². The predicted octanol–water partition coefficient (Wildman–Crippen LogP) is 3.03. The van der Waals surface area contributed by atoms with Crippen LogP contribution in [0.5, 0.6) is 0 Å². The van der Waals surface area contributed by atoms with Gasteiger partial charge < -0.3 is 0 Å². The van der Waals surface area contributed by atoms with E-state index in [1.54, 1.807) is 18.2 Å². The van der Waals surface area contributed by atoms with E-state index in [4.69, 9.17) is 10.1 Å². The van der Waals surface area contributed by atoms with Crippen molar-refractivity contribution in [2.45, 2.75) is 4.90 Å². The van der Waals surface area contributed by atoms with Gasteiger partial charge in [0.2, 0.25) is 0 Å². The molecule has 0 aromatic heterocycles. The van der Waals surface area contributed by atoms with Gasteiger partial charge in [0.25, 0.3) is 10.1 Å². The molecule has 0 heterocycles. The highest BCUT2D eigenvalue weighted by Crippen LogP contribution is 2.31. The molecule has 2 aromatic rings. The molecule has 0 unspecified atom stereocenters. The monoisotopic (exact) mass is 249 g/mol. The largest absolute Gasteiger partial charge is 0.295 e. The minimum absolute atomic E-state index is 0.165. The molecule has 0 atom stereocenters. The first kappa shape index (κ1) is 11.4. The van der Waals surface area contributed by atoms with E-state index in [0.29, 0.717) is 5.39 Å². The highest BCUT2D eigenvalue weighted by Gasteiger charge is 2.15. The van der Waals surface area contributed by atoms with Crippen LogP contribution in [0.1, 0.15) is 0 Å². The molecule has 0 saturated carbocycles. The molecule has 0 aliphatic rings. The Kier molecular flexibility index (Phi) is 2.72. The highest BCUT2D eigenvalue weighted by atomic mass is 32.2. The van der Waals surface area contributed by atoms with Crippen molar-refractivity contribution in [3.63, 3.8) is 0 Å². The molecule has 2 aromatic carbocycles. The van der Waals surface area contributed by atoms with Gasteiger partial charge in [-0.1, -0.05) is 35.4 Å². The van der Waals surface area contributed by atoms with Gasteiger partial charge in [-0.3, -0.25) is 4.55 Å². The first-order chi connectivity index (χ1) is 8.04. The third-order valence-electron chi connectivity index (χ3n) is 2.27. The van der Waals surface area contributed by atoms with Gasteiger partial charge in [-0.05, 0) is 17.0 Å². The lowest BCUT2D eigenvalue weighted by atomic mass is 10.1. The van der Waals surface area contributed by atoms with Crippen molar-refractivity contribution in [1.29, 1.82) is 0 Å². The molecule has 0 fully saturated rings. The molecule has 7 heteroatoms. The fourth-order valence-corrected chi connectivity index (χ4v) is 2.36. The molecule has 0 amide bonds. The van der Waals surface area contributed by atoms with Gasteiger partial charge in [0, 0.05) is 16.0 Å². The normalized spacial score (nSPS) is 11.1. The maximum atomic E-state index is 11.2. The van der Waals surface area contributed by atoms with E-state index in [1.165, 1.54) is 18.2 Å². The maximum absolute atomic E-state index is 11.2. The Morgan fingerprint density at radius 3 is 2.41 bits per heavy atom. The van der Waals surface area contributed by atoms with E-state index in [9.17, 15) is 8.42 Å². The summed E-state index contributed by atoms with van der Waals surface area (Å²) < 4.78 is 31.6. The van der Waals surface area contributed by atoms with Crippen LogP contribution in [0.2, 0.25) is 0 Å². The summed E-state index contributed by atoms with van der Waals surface area (Å²) in [4.78, 5) is 2.36. The molecule has 2 rings (SSSR count). The minimum Gasteiger partial charge on any atom is -0.282 e. The van der Waals surface area contributed by atoms with Gasteiger partial charge >= 0.3 is 0 Å². The number of hydrogen-bond donors (Lipinski definition) is 1. The van der Waals surface area contributed by atoms with Gasteiger partial charge in [0.15, 0.2) is 0 Å². The van der Waals surface area contributed by atoms with Crippen LogP contribution >= 0.6 is 0 Å². The molecule has 0 spiro atoms. The van der Waals surface area contributed by atoms with Crippen LogP contribution in [0.4, 0.5) is 5.69 Å². The summed E-state index contributed by atoms with van der Waals surface area (Å²) in [6.07, 6.45) is 0. The van der Waals surface area contributed by atoms with E-state index < -0.39 is 10.1 Å². The van der Waals surface area contributed by atoms with Gasteiger partial charge in [-0.25, -0.2) is 0 Å². The Bertz CT molecular complexity index is 728. The molecule has 0 radical (unpaired) electrons. The molecule has 1 N–H and O–H groups in total. The number of benzene rings is 2. The summed E-state index contributed by atoms with van der Waals surface area (Å²) >= 11 is 0. The van der Waals surface area contributed by atoms with E-state index >= 15 is 0 Å². The van der Waals surface area contributed by atoms with E-state index in [-0.39, 0.29) is 16.0 Å². The number of azide groups is 1. The van der Waals surface area contributed by atoms with Crippen molar-refractivity contribution >= 4 is 26.6 Å². The fourth-order valence-electron chi connectivity index (χ4n) is 1.63. The molecule has 0 saturated heterocycles. The van der Waals surface area contributed by atoms with Crippen LogP contribution in [0, 0.1) is 0 Å². The molecular weight excluding hydrogens is 242 g/mol. The molecule has 0 aliphatic carbocycles. The topological polar surface area (TPSA) is 103 Å². The minimum atomic E-state index is -4.35. The highest BCUT2D eigenvalue weighted by molar-refractivity contribution is 7.86. The van der Waals surface area contributed by atoms with Crippen LogP contribution in [-0.4, -0.2) is 13.0 Å². The summed E-state index contributed by atoms with van der Waals surface area (Å²) in [6.45, 7) is 0. The molecule has 0 aliphatic heterocycles. The third-order valence-corrected chi connectivity index (χ3v) is 3.17. The van der Waals surface area contributed by atoms with E-state index in [1.807, 2.05) is 0 Å². The number of hydrogen-bond acceptors (Lipinski definition) is 3. The van der Waals surface area contributed by atoms with Crippen LogP contribution in [0.15, 0.2) is 46.4 Å².